The Morgan fingerprint density at radius 1 is 0.755 bits per heavy atom. The van der Waals surface area contributed by atoms with Crippen LogP contribution in [0.4, 0.5) is 22.7 Å². The van der Waals surface area contributed by atoms with Gasteiger partial charge in [0.05, 0.1) is 45.0 Å². The maximum Gasteiger partial charge on any atom is 0.0956 e. The van der Waals surface area contributed by atoms with E-state index in [1.165, 1.54) is 30.4 Å². The van der Waals surface area contributed by atoms with Gasteiger partial charge in [-0.15, -0.1) is 0 Å². The Bertz CT molecular complexity index is 1800. The van der Waals surface area contributed by atoms with Gasteiger partial charge in [-0.1, -0.05) is 122 Å². The second kappa shape index (κ2) is 23.0. The minimum atomic E-state index is 0.634. The number of halogens is 3. The fourth-order valence-corrected chi connectivity index (χ4v) is 6.37. The fourth-order valence-electron chi connectivity index (χ4n) is 5.62. The van der Waals surface area contributed by atoms with Crippen molar-refractivity contribution in [1.82, 2.24) is 0 Å². The maximum atomic E-state index is 6.18. The maximum absolute atomic E-state index is 6.18. The molecule has 4 aromatic rings. The van der Waals surface area contributed by atoms with Crippen molar-refractivity contribution in [1.29, 1.82) is 0 Å². The zero-order valence-corrected chi connectivity index (χ0v) is 34.7. The lowest BCUT2D eigenvalue weighted by molar-refractivity contribution is 0.281. The molecule has 4 nitrogen and oxygen atoms in total. The van der Waals surface area contributed by atoms with Gasteiger partial charge in [-0.2, -0.15) is 0 Å². The van der Waals surface area contributed by atoms with Crippen LogP contribution in [-0.4, -0.2) is 12.8 Å². The molecule has 1 atom stereocenters. The number of allylic oxidation sites excluding steroid dienone is 5. The summed E-state index contributed by atoms with van der Waals surface area (Å²) in [6, 6.07) is 25.9. The van der Waals surface area contributed by atoms with E-state index in [9.17, 15) is 0 Å². The molecule has 53 heavy (non-hydrogen) atoms. The van der Waals surface area contributed by atoms with E-state index in [1.807, 2.05) is 56.3 Å². The average molecular weight is 773 g/mol. The highest BCUT2D eigenvalue weighted by atomic mass is 35.5. The number of aryl methyl sites for hydroxylation is 4. The van der Waals surface area contributed by atoms with Crippen molar-refractivity contribution >= 4 is 63.3 Å². The Hall–Kier alpha value is -3.96. The van der Waals surface area contributed by atoms with E-state index in [0.29, 0.717) is 10.7 Å². The quantitative estimate of drug-likeness (QED) is 0.145. The van der Waals surface area contributed by atoms with Gasteiger partial charge in [-0.25, -0.2) is 0 Å². The zero-order valence-electron chi connectivity index (χ0n) is 32.4. The number of hydrogen-bond acceptors (Lipinski definition) is 4. The minimum absolute atomic E-state index is 0.634. The van der Waals surface area contributed by atoms with Gasteiger partial charge < -0.3 is 15.8 Å². The number of ether oxygens (including phenoxy) is 1. The topological polar surface area (TPSA) is 59.6 Å². The summed E-state index contributed by atoms with van der Waals surface area (Å²) in [7, 11) is 1.73. The second-order valence-corrected chi connectivity index (χ2v) is 14.4. The number of para-hydroxylation sites is 3. The van der Waals surface area contributed by atoms with Crippen molar-refractivity contribution in [2.75, 3.05) is 18.2 Å². The van der Waals surface area contributed by atoms with E-state index in [2.05, 4.69) is 92.6 Å². The summed E-state index contributed by atoms with van der Waals surface area (Å²) in [5, 5.41) is 5.49. The standard InChI is InChI=1S/C15H18ClN.C15H16ClN.C9H14O.C7H8ClN/c2*1-3-12-7-9-13(10-8-12)17-15-11(2)5-4-6-14(15)16;1-3-8-4-6-9(10-2)7-5-8;1-5-3-2-4-6(8)7(5)9/h4-7,9,12H,3,8,10H2,1-2H3;4-10,17H,3H2,1-2H3;4,7H,3,5-6H2,1-2H3;2-4H,9H2,1H3. The number of nitrogens with two attached hydrogens (primary N) is 1. The van der Waals surface area contributed by atoms with Crippen LogP contribution in [0.2, 0.25) is 15.1 Å². The van der Waals surface area contributed by atoms with E-state index >= 15 is 0 Å². The number of aliphatic imine (C=N–C) groups is 1. The Labute approximate surface area is 333 Å². The molecule has 7 heteroatoms. The van der Waals surface area contributed by atoms with E-state index < -0.39 is 0 Å². The molecule has 0 bridgehead atoms. The molecule has 0 heterocycles. The van der Waals surface area contributed by atoms with Gasteiger partial charge in [0.2, 0.25) is 0 Å². The van der Waals surface area contributed by atoms with Crippen LogP contribution in [0.25, 0.3) is 0 Å². The third-order valence-corrected chi connectivity index (χ3v) is 10.3. The Morgan fingerprint density at radius 2 is 1.40 bits per heavy atom. The number of anilines is 3. The molecule has 0 saturated heterocycles. The van der Waals surface area contributed by atoms with Crippen LogP contribution < -0.4 is 11.1 Å². The van der Waals surface area contributed by atoms with Gasteiger partial charge in [-0.05, 0) is 130 Å². The van der Waals surface area contributed by atoms with Gasteiger partial charge in [0, 0.05) is 17.8 Å². The van der Waals surface area contributed by atoms with Crippen molar-refractivity contribution in [2.45, 2.75) is 86.5 Å². The number of nitrogens with one attached hydrogen (secondary N) is 1. The molecule has 1 unspecified atom stereocenters. The normalized spacial score (nSPS) is 15.4. The summed E-state index contributed by atoms with van der Waals surface area (Å²) in [5.74, 6) is 1.83. The molecule has 3 N–H and O–H groups in total. The lowest BCUT2D eigenvalue weighted by Crippen LogP contribution is -2.06. The fraction of sp³-hybridized carbons (Fsp3) is 0.326. The number of rotatable bonds is 7. The van der Waals surface area contributed by atoms with Crippen LogP contribution >= 0.6 is 34.8 Å². The molecule has 0 aromatic heterocycles. The van der Waals surface area contributed by atoms with Crippen LogP contribution in [-0.2, 0) is 11.2 Å². The summed E-state index contributed by atoms with van der Waals surface area (Å²) >= 11 is 18.0. The Balaban J connectivity index is 0.000000198. The molecule has 4 aromatic carbocycles. The van der Waals surface area contributed by atoms with Crippen molar-refractivity contribution in [2.24, 2.45) is 10.9 Å². The molecular formula is C46H56Cl3N3O. The molecule has 282 valence electrons. The predicted molar refractivity (Wildman–Crippen MR) is 234 cm³/mol. The minimum Gasteiger partial charge on any atom is -0.501 e. The van der Waals surface area contributed by atoms with Gasteiger partial charge in [0.15, 0.2) is 0 Å². The van der Waals surface area contributed by atoms with Gasteiger partial charge in [0.1, 0.15) is 0 Å². The number of methoxy groups -OCH3 is 1. The summed E-state index contributed by atoms with van der Waals surface area (Å²) in [6.45, 7) is 12.6. The molecule has 0 radical (unpaired) electrons. The van der Waals surface area contributed by atoms with Crippen molar-refractivity contribution < 1.29 is 4.74 Å². The highest BCUT2D eigenvalue weighted by Gasteiger charge is 2.11. The number of benzene rings is 4. The molecule has 0 spiro atoms. The van der Waals surface area contributed by atoms with Crippen molar-refractivity contribution in [3.8, 4) is 0 Å². The van der Waals surface area contributed by atoms with Crippen LogP contribution in [0.1, 0.15) is 81.5 Å². The monoisotopic (exact) mass is 771 g/mol. The first kappa shape index (κ1) is 43.4. The molecule has 2 aliphatic carbocycles. The summed E-state index contributed by atoms with van der Waals surface area (Å²) < 4.78 is 5.10. The molecule has 0 fully saturated rings. The highest BCUT2D eigenvalue weighted by molar-refractivity contribution is 6.34. The van der Waals surface area contributed by atoms with Crippen molar-refractivity contribution in [3.05, 3.63) is 152 Å². The Kier molecular flexibility index (Phi) is 18.8. The smallest absolute Gasteiger partial charge is 0.0956 e. The van der Waals surface area contributed by atoms with Gasteiger partial charge in [0.25, 0.3) is 0 Å². The number of nitrogens with zero attached hydrogens (tertiary/aromatic N) is 1. The zero-order chi connectivity index (χ0) is 38.8. The average Bonchev–Trinajstić information content (AvgIpc) is 3.18. The van der Waals surface area contributed by atoms with Crippen LogP contribution in [0.3, 0.4) is 0 Å². The van der Waals surface area contributed by atoms with E-state index in [4.69, 9.17) is 45.3 Å². The summed E-state index contributed by atoms with van der Waals surface area (Å²) in [5.41, 5.74) is 16.5. The first-order chi connectivity index (χ1) is 25.5. The molecule has 0 amide bonds. The number of nitrogen functional groups attached to an aromatic ring is 1. The van der Waals surface area contributed by atoms with E-state index in [1.54, 1.807) is 13.2 Å². The summed E-state index contributed by atoms with van der Waals surface area (Å²) in [6.07, 6.45) is 16.6. The highest BCUT2D eigenvalue weighted by Crippen LogP contribution is 2.31. The first-order valence-corrected chi connectivity index (χ1v) is 19.7. The second-order valence-electron chi connectivity index (χ2n) is 13.2. The lowest BCUT2D eigenvalue weighted by Gasteiger charge is -2.15. The molecular weight excluding hydrogens is 717 g/mol. The SMILES string of the molecule is CCC1=CCC(OC)=CC1.CCC1C=CC(=Nc2c(C)cccc2Cl)CC1.CCc1ccc(Nc2c(C)cccc2Cl)cc1.Cc1cccc(Cl)c1N. The van der Waals surface area contributed by atoms with E-state index in [0.717, 1.165) is 86.9 Å². The first-order valence-electron chi connectivity index (χ1n) is 18.5. The summed E-state index contributed by atoms with van der Waals surface area (Å²) in [4.78, 5) is 4.68. The van der Waals surface area contributed by atoms with Gasteiger partial charge in [-0.3, -0.25) is 4.99 Å². The third kappa shape index (κ3) is 14.4. The van der Waals surface area contributed by atoms with E-state index in [-0.39, 0.29) is 0 Å². The van der Waals surface area contributed by atoms with Gasteiger partial charge >= 0.3 is 0 Å². The largest absolute Gasteiger partial charge is 0.501 e. The number of hydrogen-bond donors (Lipinski definition) is 2. The van der Waals surface area contributed by atoms with Crippen LogP contribution in [0.5, 0.6) is 0 Å². The van der Waals surface area contributed by atoms with Crippen LogP contribution in [0.15, 0.2) is 119 Å². The lowest BCUT2D eigenvalue weighted by atomic mass is 9.92. The molecule has 2 aliphatic rings. The third-order valence-electron chi connectivity index (χ3n) is 9.32. The van der Waals surface area contributed by atoms with Crippen molar-refractivity contribution in [3.63, 3.8) is 0 Å². The molecule has 6 rings (SSSR count). The Morgan fingerprint density at radius 3 is 1.89 bits per heavy atom. The molecule has 0 aliphatic heterocycles. The van der Waals surface area contributed by atoms with Crippen LogP contribution in [0, 0.1) is 26.7 Å². The molecule has 0 saturated carbocycles. The predicted octanol–water partition coefficient (Wildman–Crippen LogP) is 14.9.